The van der Waals surface area contributed by atoms with Gasteiger partial charge in [0, 0.05) is 22.6 Å². The smallest absolute Gasteiger partial charge is 0.234 e. The number of carbonyl (C=O) groups is 2. The molecule has 2 fully saturated rings. The lowest BCUT2D eigenvalue weighted by Crippen LogP contribution is -2.45. The molecule has 1 aromatic carbocycles. The highest BCUT2D eigenvalue weighted by molar-refractivity contribution is 6.31. The van der Waals surface area contributed by atoms with E-state index in [1.54, 1.807) is 35.2 Å². The molecule has 21 heavy (non-hydrogen) atoms. The molecule has 1 aromatic rings. The Morgan fingerprint density at radius 1 is 1.48 bits per heavy atom. The van der Waals surface area contributed by atoms with Gasteiger partial charge in [-0.15, -0.1) is 0 Å². The Hall–Kier alpha value is -1.85. The van der Waals surface area contributed by atoms with Gasteiger partial charge in [-0.1, -0.05) is 29.8 Å². The van der Waals surface area contributed by atoms with Crippen molar-refractivity contribution in [1.29, 1.82) is 0 Å². The zero-order valence-corrected chi connectivity index (χ0v) is 11.6. The summed E-state index contributed by atoms with van der Waals surface area (Å²) in [4.78, 5) is 25.6. The molecule has 2 saturated heterocycles. The van der Waals surface area contributed by atoms with Gasteiger partial charge in [0.1, 0.15) is 5.60 Å². The summed E-state index contributed by atoms with van der Waals surface area (Å²) in [6, 6.07) is 6.92. The molecule has 3 heterocycles. The molecule has 4 atom stereocenters. The Labute approximate surface area is 125 Å². The van der Waals surface area contributed by atoms with Crippen LogP contribution in [-0.4, -0.2) is 30.1 Å². The number of carboxylic acids is 1. The average Bonchev–Trinajstić information content (AvgIpc) is 3.07. The van der Waals surface area contributed by atoms with Crippen molar-refractivity contribution in [2.24, 2.45) is 11.8 Å². The monoisotopic (exact) mass is 304 g/mol. The first-order valence-electron chi connectivity index (χ1n) is 6.67. The van der Waals surface area contributed by atoms with Crippen molar-refractivity contribution in [2.75, 3.05) is 11.4 Å². The number of amides is 1. The first-order valence-corrected chi connectivity index (χ1v) is 7.05. The summed E-state index contributed by atoms with van der Waals surface area (Å²) in [6.45, 7) is 0.299. The van der Waals surface area contributed by atoms with Crippen molar-refractivity contribution in [1.82, 2.24) is 0 Å². The van der Waals surface area contributed by atoms with Crippen molar-refractivity contribution in [3.05, 3.63) is 41.4 Å². The highest BCUT2D eigenvalue weighted by atomic mass is 35.5. The number of carboxylic acid groups (broad SMARTS) is 1. The number of nitrogens with zero attached hydrogens (tertiary/aromatic N) is 1. The van der Waals surface area contributed by atoms with Crippen molar-refractivity contribution < 1.29 is 19.4 Å². The van der Waals surface area contributed by atoms with Crippen LogP contribution in [0.4, 0.5) is 5.69 Å². The summed E-state index contributed by atoms with van der Waals surface area (Å²) in [5.41, 5.74) is -0.205. The van der Waals surface area contributed by atoms with Crippen molar-refractivity contribution >= 4 is 29.2 Å². The number of aliphatic carboxylic acids is 1. The molecule has 0 N–H and O–H groups in total. The Bertz CT molecular complexity index is 688. The van der Waals surface area contributed by atoms with Gasteiger partial charge in [0.2, 0.25) is 5.91 Å². The van der Waals surface area contributed by atoms with Gasteiger partial charge >= 0.3 is 0 Å². The first-order chi connectivity index (χ1) is 10.0. The molecule has 0 saturated carbocycles. The van der Waals surface area contributed by atoms with Crippen molar-refractivity contribution in [3.63, 3.8) is 0 Å². The predicted octanol–water partition coefficient (Wildman–Crippen LogP) is 0.376. The fourth-order valence-electron chi connectivity index (χ4n) is 3.63. The Morgan fingerprint density at radius 2 is 2.29 bits per heavy atom. The van der Waals surface area contributed by atoms with Crippen LogP contribution in [0.2, 0.25) is 5.02 Å². The van der Waals surface area contributed by atoms with E-state index >= 15 is 0 Å². The molecule has 0 aromatic heterocycles. The maximum Gasteiger partial charge on any atom is 0.234 e. The Balaban J connectivity index is 1.75. The van der Waals surface area contributed by atoms with E-state index in [1.807, 2.05) is 6.08 Å². The van der Waals surface area contributed by atoms with Crippen molar-refractivity contribution in [3.8, 4) is 0 Å². The number of benzene rings is 1. The van der Waals surface area contributed by atoms with Crippen LogP contribution < -0.4 is 10.0 Å². The summed E-state index contributed by atoms with van der Waals surface area (Å²) >= 11 is 5.96. The van der Waals surface area contributed by atoms with Gasteiger partial charge in [-0.05, 0) is 18.2 Å². The second-order valence-electron chi connectivity index (χ2n) is 5.62. The number of hydrogen-bond acceptors (Lipinski definition) is 4. The lowest BCUT2D eigenvalue weighted by atomic mass is 9.77. The summed E-state index contributed by atoms with van der Waals surface area (Å²) in [5, 5.41) is 11.9. The lowest BCUT2D eigenvalue weighted by molar-refractivity contribution is -0.313. The van der Waals surface area contributed by atoms with Crippen LogP contribution in [0, 0.1) is 11.8 Å². The summed E-state index contributed by atoms with van der Waals surface area (Å²) < 4.78 is 5.78. The minimum atomic E-state index is -1.24. The number of anilines is 1. The average molecular weight is 305 g/mol. The predicted molar refractivity (Wildman–Crippen MR) is 72.5 cm³/mol. The second kappa shape index (κ2) is 4.08. The molecule has 4 rings (SSSR count). The van der Waals surface area contributed by atoms with E-state index in [4.69, 9.17) is 16.3 Å². The van der Waals surface area contributed by atoms with Crippen LogP contribution >= 0.6 is 11.6 Å². The number of ether oxygens (including phenoxy) is 1. The maximum absolute atomic E-state index is 12.7. The molecule has 108 valence electrons. The van der Waals surface area contributed by atoms with E-state index in [-0.39, 0.29) is 5.91 Å². The number of rotatable bonds is 2. The quantitative estimate of drug-likeness (QED) is 0.741. The van der Waals surface area contributed by atoms with Crippen LogP contribution in [0.3, 0.4) is 0 Å². The Kier molecular flexibility index (Phi) is 2.50. The van der Waals surface area contributed by atoms with E-state index in [0.717, 1.165) is 0 Å². The van der Waals surface area contributed by atoms with Gasteiger partial charge in [-0.2, -0.15) is 0 Å². The molecule has 6 heteroatoms. The normalized spacial score (nSPS) is 36.3. The van der Waals surface area contributed by atoms with E-state index in [2.05, 4.69) is 0 Å². The molecule has 5 nitrogen and oxygen atoms in total. The van der Waals surface area contributed by atoms with Gasteiger partial charge in [-0.3, -0.25) is 4.79 Å². The highest BCUT2D eigenvalue weighted by Crippen LogP contribution is 2.52. The molecule has 3 aliphatic heterocycles. The highest BCUT2D eigenvalue weighted by Gasteiger charge is 2.65. The third-order valence-electron chi connectivity index (χ3n) is 4.49. The van der Waals surface area contributed by atoms with E-state index in [9.17, 15) is 14.7 Å². The Morgan fingerprint density at radius 3 is 3.00 bits per heavy atom. The number of halogens is 1. The largest absolute Gasteiger partial charge is 0.550 e. The minimum Gasteiger partial charge on any atom is -0.550 e. The number of fused-ring (bicyclic) bond motifs is 1. The maximum atomic E-state index is 12.7. The standard InChI is InChI=1S/C15H12ClNO4/c16-8-2-1-3-9(6-8)17-7-15-5-4-10(21-15)11(14(19)20)12(15)13(17)18/h1-6,10-12H,7H2,(H,19,20)/p-1/t10-,11-,12-,15+/m0/s1. The number of carbonyl (C=O) groups excluding carboxylic acids is 2. The molecule has 0 unspecified atom stereocenters. The van der Waals surface area contributed by atoms with Gasteiger partial charge < -0.3 is 19.5 Å². The fourth-order valence-corrected chi connectivity index (χ4v) is 3.81. The molecular weight excluding hydrogens is 294 g/mol. The van der Waals surface area contributed by atoms with Crippen molar-refractivity contribution in [2.45, 2.75) is 11.7 Å². The van der Waals surface area contributed by atoms with Gasteiger partial charge in [0.25, 0.3) is 0 Å². The topological polar surface area (TPSA) is 69.7 Å². The van der Waals surface area contributed by atoms with Crippen LogP contribution in [-0.2, 0) is 14.3 Å². The molecule has 2 bridgehead atoms. The third kappa shape index (κ3) is 1.61. The van der Waals surface area contributed by atoms with E-state index < -0.39 is 29.5 Å². The third-order valence-corrected chi connectivity index (χ3v) is 4.73. The SMILES string of the molecule is O=C([O-])[C@H]1[C@@H]2C=C[C@]3(CN(c4cccc(Cl)c4)C(=O)[C@H]13)O2. The summed E-state index contributed by atoms with van der Waals surface area (Å²) in [6.07, 6.45) is 2.96. The van der Waals surface area contributed by atoms with Gasteiger partial charge in [0.05, 0.1) is 18.6 Å². The van der Waals surface area contributed by atoms with E-state index in [0.29, 0.717) is 17.3 Å². The second-order valence-corrected chi connectivity index (χ2v) is 6.06. The van der Waals surface area contributed by atoms with Crippen LogP contribution in [0.5, 0.6) is 0 Å². The molecule has 0 radical (unpaired) electrons. The first kappa shape index (κ1) is 12.9. The van der Waals surface area contributed by atoms with Gasteiger partial charge in [0.15, 0.2) is 0 Å². The minimum absolute atomic E-state index is 0.252. The van der Waals surface area contributed by atoms with Gasteiger partial charge in [-0.25, -0.2) is 0 Å². The zero-order chi connectivity index (χ0) is 14.8. The number of hydrogen-bond donors (Lipinski definition) is 0. The molecular formula is C15H11ClNO4-. The molecule has 3 aliphatic rings. The summed E-state index contributed by atoms with van der Waals surface area (Å²) in [7, 11) is 0. The molecule has 1 spiro atoms. The van der Waals surface area contributed by atoms with E-state index in [1.165, 1.54) is 0 Å². The summed E-state index contributed by atoms with van der Waals surface area (Å²) in [5.74, 6) is -3.14. The lowest BCUT2D eigenvalue weighted by Gasteiger charge is -2.24. The van der Waals surface area contributed by atoms with Crippen LogP contribution in [0.1, 0.15) is 0 Å². The van der Waals surface area contributed by atoms with Crippen LogP contribution in [0.25, 0.3) is 0 Å². The zero-order valence-electron chi connectivity index (χ0n) is 10.9. The molecule has 0 aliphatic carbocycles. The van der Waals surface area contributed by atoms with Crippen LogP contribution in [0.15, 0.2) is 36.4 Å². The molecule has 1 amide bonds. The fraction of sp³-hybridized carbons (Fsp3) is 0.333.